The molecule has 2 amide bonds. The third-order valence-electron chi connectivity index (χ3n) is 5.08. The van der Waals surface area contributed by atoms with Crippen LogP contribution in [-0.4, -0.2) is 11.8 Å². The van der Waals surface area contributed by atoms with Gasteiger partial charge in [-0.1, -0.05) is 24.3 Å². The van der Waals surface area contributed by atoms with Gasteiger partial charge in [0, 0.05) is 24.9 Å². The van der Waals surface area contributed by atoms with E-state index in [1.54, 1.807) is 66.9 Å². The summed E-state index contributed by atoms with van der Waals surface area (Å²) in [6.07, 6.45) is 2.18. The van der Waals surface area contributed by atoms with Crippen LogP contribution >= 0.6 is 0 Å². The number of furan rings is 2. The molecule has 2 N–H and O–H groups in total. The zero-order valence-corrected chi connectivity index (χ0v) is 17.8. The van der Waals surface area contributed by atoms with E-state index in [1.165, 1.54) is 6.07 Å². The van der Waals surface area contributed by atoms with Gasteiger partial charge in [-0.25, -0.2) is 4.39 Å². The molecule has 0 radical (unpaired) electrons. The summed E-state index contributed by atoms with van der Waals surface area (Å²) in [4.78, 5) is 24.6. The standard InChI is InChI=1S/C26H23FN2O4/c27-23-9-2-1-8-22(23)24-12-10-20(33-24)11-13-25(30)28-16-18-5-3-6-19(15-18)26(31)29-17-21-7-4-14-32-21/h1-10,12,14-15H,11,13,16-17H2,(H,28,30)(H,29,31). The number of nitrogens with one attached hydrogen (secondary N) is 2. The van der Waals surface area contributed by atoms with Crippen LogP contribution in [0.2, 0.25) is 0 Å². The first-order valence-corrected chi connectivity index (χ1v) is 10.6. The van der Waals surface area contributed by atoms with Gasteiger partial charge in [-0.15, -0.1) is 0 Å². The molecule has 168 valence electrons. The Morgan fingerprint density at radius 1 is 0.848 bits per heavy atom. The van der Waals surface area contributed by atoms with Crippen LogP contribution in [0.5, 0.6) is 0 Å². The van der Waals surface area contributed by atoms with E-state index < -0.39 is 0 Å². The highest BCUT2D eigenvalue weighted by Crippen LogP contribution is 2.25. The molecule has 2 aromatic heterocycles. The average molecular weight is 446 g/mol. The Balaban J connectivity index is 1.25. The topological polar surface area (TPSA) is 84.5 Å². The minimum atomic E-state index is -0.354. The molecule has 0 atom stereocenters. The third-order valence-corrected chi connectivity index (χ3v) is 5.08. The predicted molar refractivity (Wildman–Crippen MR) is 121 cm³/mol. The number of carbonyl (C=O) groups excluding carboxylic acids is 2. The highest BCUT2D eigenvalue weighted by Gasteiger charge is 2.11. The van der Waals surface area contributed by atoms with Gasteiger partial charge in [-0.05, 0) is 54.1 Å². The number of amides is 2. The molecule has 0 saturated heterocycles. The Labute approximate surface area is 190 Å². The molecule has 0 aliphatic carbocycles. The molecule has 0 aliphatic heterocycles. The summed E-state index contributed by atoms with van der Waals surface area (Å²) in [7, 11) is 0. The summed E-state index contributed by atoms with van der Waals surface area (Å²) in [6.45, 7) is 0.606. The van der Waals surface area contributed by atoms with Crippen LogP contribution in [0, 0.1) is 5.82 Å². The number of hydrogen-bond donors (Lipinski definition) is 2. The van der Waals surface area contributed by atoms with E-state index in [-0.39, 0.29) is 24.1 Å². The van der Waals surface area contributed by atoms with Crippen LogP contribution in [0.25, 0.3) is 11.3 Å². The van der Waals surface area contributed by atoms with Crippen molar-refractivity contribution >= 4 is 11.8 Å². The molecule has 7 heteroatoms. The van der Waals surface area contributed by atoms with Gasteiger partial charge in [0.05, 0.1) is 18.4 Å². The molecule has 0 aliphatic rings. The van der Waals surface area contributed by atoms with Crippen molar-refractivity contribution in [3.63, 3.8) is 0 Å². The second kappa shape index (κ2) is 10.5. The fourth-order valence-electron chi connectivity index (χ4n) is 3.35. The summed E-state index contributed by atoms with van der Waals surface area (Å²) < 4.78 is 24.8. The van der Waals surface area contributed by atoms with Crippen LogP contribution < -0.4 is 10.6 Å². The minimum absolute atomic E-state index is 0.147. The Morgan fingerprint density at radius 2 is 1.73 bits per heavy atom. The van der Waals surface area contributed by atoms with Gasteiger partial charge >= 0.3 is 0 Å². The van der Waals surface area contributed by atoms with E-state index in [2.05, 4.69) is 10.6 Å². The number of rotatable bonds is 9. The summed E-state index contributed by atoms with van der Waals surface area (Å²) >= 11 is 0. The lowest BCUT2D eigenvalue weighted by molar-refractivity contribution is -0.121. The average Bonchev–Trinajstić information content (AvgIpc) is 3.53. The van der Waals surface area contributed by atoms with E-state index in [4.69, 9.17) is 8.83 Å². The SMILES string of the molecule is O=C(CCc1ccc(-c2ccccc2F)o1)NCc1cccc(C(=O)NCc2ccco2)c1. The highest BCUT2D eigenvalue weighted by atomic mass is 19.1. The number of halogens is 1. The summed E-state index contributed by atoms with van der Waals surface area (Å²) in [5, 5.41) is 5.65. The Kier molecular flexibility index (Phi) is 6.99. The van der Waals surface area contributed by atoms with Gasteiger partial charge in [0.25, 0.3) is 5.91 Å². The lowest BCUT2D eigenvalue weighted by Gasteiger charge is -2.08. The van der Waals surface area contributed by atoms with E-state index in [9.17, 15) is 14.0 Å². The highest BCUT2D eigenvalue weighted by molar-refractivity contribution is 5.94. The van der Waals surface area contributed by atoms with Crippen molar-refractivity contribution in [2.45, 2.75) is 25.9 Å². The number of benzene rings is 2. The van der Waals surface area contributed by atoms with Crippen molar-refractivity contribution in [1.82, 2.24) is 10.6 Å². The predicted octanol–water partition coefficient (Wildman–Crippen LogP) is 4.86. The second-order valence-electron chi connectivity index (χ2n) is 7.48. The van der Waals surface area contributed by atoms with Gasteiger partial charge in [-0.2, -0.15) is 0 Å². The van der Waals surface area contributed by atoms with Gasteiger partial charge in [0.1, 0.15) is 23.1 Å². The second-order valence-corrected chi connectivity index (χ2v) is 7.48. The molecule has 0 unspecified atom stereocenters. The Bertz CT molecular complexity index is 1230. The summed E-state index contributed by atoms with van der Waals surface area (Å²) in [6, 6.07) is 20.5. The molecule has 0 fully saturated rings. The van der Waals surface area contributed by atoms with Crippen molar-refractivity contribution in [2.24, 2.45) is 0 Å². The minimum Gasteiger partial charge on any atom is -0.467 e. The molecule has 6 nitrogen and oxygen atoms in total. The van der Waals surface area contributed by atoms with Gasteiger partial charge in [0.15, 0.2) is 0 Å². The number of hydrogen-bond acceptors (Lipinski definition) is 4. The fourth-order valence-corrected chi connectivity index (χ4v) is 3.35. The van der Waals surface area contributed by atoms with E-state index in [1.807, 2.05) is 6.07 Å². The van der Waals surface area contributed by atoms with Crippen LogP contribution in [0.4, 0.5) is 4.39 Å². The lowest BCUT2D eigenvalue weighted by Crippen LogP contribution is -2.24. The Hall–Kier alpha value is -4.13. The maximum absolute atomic E-state index is 13.9. The summed E-state index contributed by atoms with van der Waals surface area (Å²) in [5.74, 6) is 0.996. The molecule has 0 spiro atoms. The van der Waals surface area contributed by atoms with Crippen LogP contribution in [-0.2, 0) is 24.3 Å². The van der Waals surface area contributed by atoms with Crippen LogP contribution in [0.3, 0.4) is 0 Å². The first-order chi connectivity index (χ1) is 16.1. The van der Waals surface area contributed by atoms with Crippen molar-refractivity contribution in [3.8, 4) is 11.3 Å². The van der Waals surface area contributed by atoms with E-state index in [0.717, 1.165) is 5.56 Å². The van der Waals surface area contributed by atoms with Crippen molar-refractivity contribution < 1.29 is 22.8 Å². The quantitative estimate of drug-likeness (QED) is 0.385. The molecule has 2 heterocycles. The largest absolute Gasteiger partial charge is 0.467 e. The zero-order chi connectivity index (χ0) is 23.0. The van der Waals surface area contributed by atoms with E-state index in [0.29, 0.717) is 47.9 Å². The molecular weight excluding hydrogens is 423 g/mol. The van der Waals surface area contributed by atoms with Crippen molar-refractivity contribution in [1.29, 1.82) is 0 Å². The summed E-state index contributed by atoms with van der Waals surface area (Å²) in [5.41, 5.74) is 1.71. The molecule has 4 rings (SSSR count). The molecule has 2 aromatic carbocycles. The monoisotopic (exact) mass is 446 g/mol. The van der Waals surface area contributed by atoms with Gasteiger partial charge in [-0.3, -0.25) is 9.59 Å². The zero-order valence-electron chi connectivity index (χ0n) is 17.8. The van der Waals surface area contributed by atoms with Crippen LogP contribution in [0.15, 0.2) is 87.9 Å². The van der Waals surface area contributed by atoms with Gasteiger partial charge in [0.2, 0.25) is 5.91 Å². The Morgan fingerprint density at radius 3 is 2.55 bits per heavy atom. The first-order valence-electron chi connectivity index (χ1n) is 10.6. The van der Waals surface area contributed by atoms with Gasteiger partial charge < -0.3 is 19.5 Å². The molecule has 33 heavy (non-hydrogen) atoms. The first kappa shape index (κ1) is 22.1. The van der Waals surface area contributed by atoms with Crippen molar-refractivity contribution in [3.05, 3.63) is 108 Å². The molecular formula is C26H23FN2O4. The number of aryl methyl sites for hydroxylation is 1. The maximum Gasteiger partial charge on any atom is 0.251 e. The molecule has 0 bridgehead atoms. The van der Waals surface area contributed by atoms with Crippen molar-refractivity contribution in [2.75, 3.05) is 0 Å². The maximum atomic E-state index is 13.9. The molecule has 0 saturated carbocycles. The smallest absolute Gasteiger partial charge is 0.251 e. The lowest BCUT2D eigenvalue weighted by atomic mass is 10.1. The number of carbonyl (C=O) groups is 2. The molecule has 4 aromatic rings. The fraction of sp³-hybridized carbons (Fsp3) is 0.154. The van der Waals surface area contributed by atoms with Crippen LogP contribution in [0.1, 0.15) is 33.9 Å². The third kappa shape index (κ3) is 5.98. The van der Waals surface area contributed by atoms with E-state index >= 15 is 0 Å². The normalized spacial score (nSPS) is 10.7.